The van der Waals surface area contributed by atoms with Crippen molar-refractivity contribution < 1.29 is 14.3 Å². The van der Waals surface area contributed by atoms with Crippen LogP contribution in [0.25, 0.3) is 0 Å². The Kier molecular flexibility index (Phi) is 6.05. The molecule has 2 aliphatic rings. The molecule has 0 atom stereocenters. The summed E-state index contributed by atoms with van der Waals surface area (Å²) in [5, 5.41) is 0. The van der Waals surface area contributed by atoms with Crippen molar-refractivity contribution in [3.8, 4) is 5.75 Å². The van der Waals surface area contributed by atoms with Gasteiger partial charge in [-0.1, -0.05) is 25.5 Å². The Morgan fingerprint density at radius 1 is 0.935 bits per heavy atom. The molecule has 0 bridgehead atoms. The summed E-state index contributed by atoms with van der Waals surface area (Å²) in [7, 11) is 1.69. The first-order chi connectivity index (χ1) is 15.0. The predicted molar refractivity (Wildman–Crippen MR) is 121 cm³/mol. The second-order valence-electron chi connectivity index (χ2n) is 8.38. The maximum Gasteiger partial charge on any atom is 0.264 e. The third-order valence-corrected chi connectivity index (χ3v) is 6.58. The second-order valence-corrected chi connectivity index (χ2v) is 8.38. The first-order valence-electron chi connectivity index (χ1n) is 11.1. The number of carbonyl (C=O) groups excluding carboxylic acids is 2. The van der Waals surface area contributed by atoms with Crippen molar-refractivity contribution in [3.05, 3.63) is 46.8 Å². The van der Waals surface area contributed by atoms with E-state index in [0.717, 1.165) is 68.4 Å². The van der Waals surface area contributed by atoms with Gasteiger partial charge in [-0.25, -0.2) is 0 Å². The van der Waals surface area contributed by atoms with Crippen LogP contribution in [0.4, 0.5) is 5.69 Å². The normalized spacial score (nSPS) is 16.9. The molecule has 31 heavy (non-hydrogen) atoms. The molecule has 0 N–H and O–H groups in total. The van der Waals surface area contributed by atoms with Gasteiger partial charge in [-0.3, -0.25) is 19.4 Å². The monoisotopic (exact) mass is 424 g/mol. The van der Waals surface area contributed by atoms with Gasteiger partial charge in [0.25, 0.3) is 11.8 Å². The average Bonchev–Trinajstić information content (AvgIpc) is 3.19. The number of methoxy groups -OCH3 is 1. The van der Waals surface area contributed by atoms with Gasteiger partial charge in [0.2, 0.25) is 0 Å². The van der Waals surface area contributed by atoms with Crippen molar-refractivity contribution >= 4 is 17.5 Å². The van der Waals surface area contributed by atoms with Crippen molar-refractivity contribution in [1.82, 2.24) is 14.4 Å². The van der Waals surface area contributed by atoms with Crippen LogP contribution in [0.3, 0.4) is 0 Å². The third-order valence-electron chi connectivity index (χ3n) is 6.58. The Balaban J connectivity index is 1.43. The zero-order valence-corrected chi connectivity index (χ0v) is 19.0. The molecular weight excluding hydrogens is 392 g/mol. The lowest BCUT2D eigenvalue weighted by Gasteiger charge is -2.37. The highest BCUT2D eigenvalue weighted by Gasteiger charge is 2.41. The number of ether oxygens (including phenoxy) is 1. The maximum absolute atomic E-state index is 13.1. The minimum absolute atomic E-state index is 0.150. The molecule has 0 saturated carbocycles. The topological polar surface area (TPSA) is 58.0 Å². The molecule has 1 aromatic heterocycles. The zero-order chi connectivity index (χ0) is 22.1. The summed E-state index contributed by atoms with van der Waals surface area (Å²) in [5.74, 6) is 0.567. The summed E-state index contributed by atoms with van der Waals surface area (Å²) in [6.07, 6.45) is 2.12. The lowest BCUT2D eigenvalue weighted by atomic mass is 10.1. The van der Waals surface area contributed by atoms with Gasteiger partial charge in [-0.15, -0.1) is 0 Å². The summed E-state index contributed by atoms with van der Waals surface area (Å²) in [4.78, 5) is 32.2. The van der Waals surface area contributed by atoms with Crippen molar-refractivity contribution in [1.29, 1.82) is 0 Å². The molecule has 166 valence electrons. The summed E-state index contributed by atoms with van der Waals surface area (Å²) < 4.78 is 7.62. The summed E-state index contributed by atoms with van der Waals surface area (Å²) >= 11 is 0. The van der Waals surface area contributed by atoms with Gasteiger partial charge in [0.05, 0.1) is 30.6 Å². The lowest BCUT2D eigenvalue weighted by molar-refractivity contribution is 0.0533. The fourth-order valence-corrected chi connectivity index (χ4v) is 4.77. The maximum atomic E-state index is 13.1. The third kappa shape index (κ3) is 3.71. The molecule has 1 saturated heterocycles. The number of unbranched alkanes of at least 4 members (excludes halogenated alkanes) is 1. The van der Waals surface area contributed by atoms with Gasteiger partial charge in [-0.05, 0) is 32.4 Å². The number of fused-ring (bicyclic) bond motifs is 1. The van der Waals surface area contributed by atoms with Gasteiger partial charge >= 0.3 is 0 Å². The van der Waals surface area contributed by atoms with E-state index in [2.05, 4.69) is 27.4 Å². The highest BCUT2D eigenvalue weighted by molar-refractivity contribution is 6.22. The molecule has 7 nitrogen and oxygen atoms in total. The van der Waals surface area contributed by atoms with Gasteiger partial charge in [-0.2, -0.15) is 0 Å². The summed E-state index contributed by atoms with van der Waals surface area (Å²) in [6.45, 7) is 10.5. The second kappa shape index (κ2) is 8.75. The van der Waals surface area contributed by atoms with E-state index in [1.165, 1.54) is 4.90 Å². The number of rotatable bonds is 7. The molecule has 0 spiro atoms. The molecule has 0 radical (unpaired) electrons. The van der Waals surface area contributed by atoms with E-state index >= 15 is 0 Å². The van der Waals surface area contributed by atoms with Gasteiger partial charge < -0.3 is 14.2 Å². The zero-order valence-electron chi connectivity index (χ0n) is 19.0. The fourth-order valence-electron chi connectivity index (χ4n) is 4.77. The van der Waals surface area contributed by atoms with Crippen LogP contribution in [-0.2, 0) is 6.54 Å². The smallest absolute Gasteiger partial charge is 0.264 e. The SMILES string of the molecule is CCCCn1c(C)c2c(c1C)C(=O)N(CN1CCN(c3ccccc3OC)CC1)C2=O. The first kappa shape index (κ1) is 21.4. The number of imide groups is 1. The molecule has 0 unspecified atom stereocenters. The largest absolute Gasteiger partial charge is 0.495 e. The van der Waals surface area contributed by atoms with Crippen molar-refractivity contribution in [2.45, 2.75) is 40.2 Å². The van der Waals surface area contributed by atoms with Crippen molar-refractivity contribution in [2.75, 3.05) is 44.9 Å². The number of benzene rings is 1. The molecule has 2 amide bonds. The van der Waals surface area contributed by atoms with E-state index in [9.17, 15) is 9.59 Å². The minimum Gasteiger partial charge on any atom is -0.495 e. The molecule has 2 aromatic rings. The van der Waals surface area contributed by atoms with Crippen LogP contribution in [0.2, 0.25) is 0 Å². The molecule has 2 aliphatic heterocycles. The van der Waals surface area contributed by atoms with Crippen molar-refractivity contribution in [2.24, 2.45) is 0 Å². The quantitative estimate of drug-likeness (QED) is 0.639. The number of aromatic nitrogens is 1. The molecule has 0 aliphatic carbocycles. The molecular formula is C24H32N4O3. The van der Waals surface area contributed by atoms with E-state index in [-0.39, 0.29) is 11.8 Å². The van der Waals surface area contributed by atoms with Crippen LogP contribution in [0.5, 0.6) is 5.75 Å². The highest BCUT2D eigenvalue weighted by Crippen LogP contribution is 2.32. The Bertz CT molecular complexity index is 949. The average molecular weight is 425 g/mol. The number of amides is 2. The number of hydrogen-bond acceptors (Lipinski definition) is 5. The minimum atomic E-state index is -0.150. The molecule has 3 heterocycles. The number of para-hydroxylation sites is 2. The number of anilines is 1. The highest BCUT2D eigenvalue weighted by atomic mass is 16.5. The lowest BCUT2D eigenvalue weighted by Crippen LogP contribution is -2.51. The first-order valence-corrected chi connectivity index (χ1v) is 11.1. The van der Waals surface area contributed by atoms with Crippen LogP contribution in [-0.4, -0.2) is 66.1 Å². The molecule has 1 aromatic carbocycles. The molecule has 7 heteroatoms. The van der Waals surface area contributed by atoms with Crippen LogP contribution in [0, 0.1) is 13.8 Å². The van der Waals surface area contributed by atoms with E-state index in [1.54, 1.807) is 7.11 Å². The van der Waals surface area contributed by atoms with Gasteiger partial charge in [0, 0.05) is 44.1 Å². The van der Waals surface area contributed by atoms with Crippen LogP contribution in [0.15, 0.2) is 24.3 Å². The van der Waals surface area contributed by atoms with E-state index in [0.29, 0.717) is 17.8 Å². The van der Waals surface area contributed by atoms with E-state index < -0.39 is 0 Å². The fraction of sp³-hybridized carbons (Fsp3) is 0.500. The Labute approximate surface area is 184 Å². The van der Waals surface area contributed by atoms with Crippen molar-refractivity contribution in [3.63, 3.8) is 0 Å². The summed E-state index contributed by atoms with van der Waals surface area (Å²) in [6, 6.07) is 8.02. The molecule has 1 fully saturated rings. The standard InChI is InChI=1S/C24H32N4O3/c1-5-6-11-27-17(2)21-22(18(27)3)24(30)28(23(21)29)16-25-12-14-26(15-13-25)19-9-7-8-10-20(19)31-4/h7-10H,5-6,11-16H2,1-4H3. The Morgan fingerprint density at radius 2 is 1.55 bits per heavy atom. The van der Waals surface area contributed by atoms with Crippen LogP contribution >= 0.6 is 0 Å². The number of piperazine rings is 1. The van der Waals surface area contributed by atoms with E-state index in [4.69, 9.17) is 4.74 Å². The van der Waals surface area contributed by atoms with E-state index in [1.807, 2.05) is 32.0 Å². The Morgan fingerprint density at radius 3 is 2.13 bits per heavy atom. The molecule has 4 rings (SSSR count). The van der Waals surface area contributed by atoms with Gasteiger partial charge in [0.15, 0.2) is 0 Å². The summed E-state index contributed by atoms with van der Waals surface area (Å²) in [5.41, 5.74) is 4.13. The Hall–Kier alpha value is -2.80. The number of carbonyl (C=O) groups is 2. The number of hydrogen-bond donors (Lipinski definition) is 0. The number of nitrogens with zero attached hydrogens (tertiary/aromatic N) is 4. The van der Waals surface area contributed by atoms with Gasteiger partial charge in [0.1, 0.15) is 5.75 Å². The van der Waals surface area contributed by atoms with Crippen LogP contribution < -0.4 is 9.64 Å². The van der Waals surface area contributed by atoms with Crippen LogP contribution in [0.1, 0.15) is 51.9 Å². The predicted octanol–water partition coefficient (Wildman–Crippen LogP) is 3.29.